The number of aliphatic imine (C=N–C) groups is 1. The van der Waals surface area contributed by atoms with Crippen LogP contribution in [0.3, 0.4) is 0 Å². The molecule has 188 valence electrons. The maximum absolute atomic E-state index is 11.2. The Labute approximate surface area is 195 Å². The summed E-state index contributed by atoms with van der Waals surface area (Å²) in [5.74, 6) is -0.988. The molecule has 0 aromatic rings. The van der Waals surface area contributed by atoms with Gasteiger partial charge >= 0.3 is 5.97 Å². The summed E-state index contributed by atoms with van der Waals surface area (Å²) >= 11 is 0. The average Bonchev–Trinajstić information content (AvgIpc) is 3.05. The molecule has 1 aliphatic heterocycles. The molecule has 0 saturated carbocycles. The van der Waals surface area contributed by atoms with Gasteiger partial charge in [-0.15, -0.1) is 0 Å². The summed E-state index contributed by atoms with van der Waals surface area (Å²) in [6, 6.07) is 0. The number of aliphatic carboxylic acids is 2. The zero-order valence-electron chi connectivity index (χ0n) is 21.1. The van der Waals surface area contributed by atoms with Crippen LogP contribution < -0.4 is 5.11 Å². The van der Waals surface area contributed by atoms with Crippen LogP contribution in [0, 0.1) is 0 Å². The third-order valence-corrected chi connectivity index (χ3v) is 5.80. The van der Waals surface area contributed by atoms with Crippen LogP contribution in [-0.2, 0) is 9.59 Å². The highest BCUT2D eigenvalue weighted by Gasteiger charge is 2.43. The first-order valence-electron chi connectivity index (χ1n) is 12.3. The van der Waals surface area contributed by atoms with Crippen molar-refractivity contribution in [1.29, 1.82) is 0 Å². The molecule has 8 heteroatoms. The van der Waals surface area contributed by atoms with E-state index in [1.165, 1.54) is 57.8 Å². The second-order valence-electron chi connectivity index (χ2n) is 9.99. The van der Waals surface area contributed by atoms with Crippen LogP contribution in [0.25, 0.3) is 0 Å². The lowest BCUT2D eigenvalue weighted by atomic mass is 10.1. The number of carbonyl (C=O) groups is 2. The van der Waals surface area contributed by atoms with Gasteiger partial charge < -0.3 is 24.6 Å². The SMILES string of the molecule is CCCCCCCCCCCCC1=NCC[N+]1(CC(=O)O)C(C)O.C[N+](C)(C)CC(=O)[O-]. The third kappa shape index (κ3) is 13.8. The van der Waals surface area contributed by atoms with Crippen LogP contribution in [0.2, 0.25) is 0 Å². The van der Waals surface area contributed by atoms with Gasteiger partial charge in [0.2, 0.25) is 5.84 Å². The van der Waals surface area contributed by atoms with Crippen LogP contribution in [0.1, 0.15) is 84.5 Å². The van der Waals surface area contributed by atoms with E-state index in [1.807, 2.05) is 0 Å². The first-order chi connectivity index (χ1) is 14.9. The predicted octanol–water partition coefficient (Wildman–Crippen LogP) is 2.39. The number of hydrogen-bond acceptors (Lipinski definition) is 5. The van der Waals surface area contributed by atoms with Gasteiger partial charge in [0.05, 0.1) is 33.7 Å². The Hall–Kier alpha value is -1.51. The largest absolute Gasteiger partial charge is 0.544 e. The molecule has 2 atom stereocenters. The molecule has 0 spiro atoms. The number of rotatable bonds is 16. The van der Waals surface area contributed by atoms with Crippen molar-refractivity contribution >= 4 is 17.8 Å². The Morgan fingerprint density at radius 3 is 1.91 bits per heavy atom. The molecule has 0 aromatic heterocycles. The number of likely N-dealkylation sites (N-methyl/N-ethyl adjacent to an activating group) is 1. The van der Waals surface area contributed by atoms with Gasteiger partial charge in [0.25, 0.3) is 0 Å². The predicted molar refractivity (Wildman–Crippen MR) is 126 cm³/mol. The van der Waals surface area contributed by atoms with Crippen LogP contribution >= 0.6 is 0 Å². The zero-order valence-corrected chi connectivity index (χ0v) is 21.1. The van der Waals surface area contributed by atoms with E-state index in [0.29, 0.717) is 17.6 Å². The molecular weight excluding hydrogens is 410 g/mol. The zero-order chi connectivity index (χ0) is 24.6. The van der Waals surface area contributed by atoms with E-state index >= 15 is 0 Å². The summed E-state index contributed by atoms with van der Waals surface area (Å²) in [7, 11) is 5.40. The molecule has 2 N–H and O–H groups in total. The number of hydrogen-bond donors (Lipinski definition) is 2. The van der Waals surface area contributed by atoms with Crippen LogP contribution in [0.15, 0.2) is 4.99 Å². The quantitative estimate of drug-likeness (QED) is 0.273. The second kappa shape index (κ2) is 16.2. The van der Waals surface area contributed by atoms with Crippen molar-refractivity contribution in [2.45, 2.75) is 90.7 Å². The summed E-state index contributed by atoms with van der Waals surface area (Å²) in [4.78, 5) is 25.6. The van der Waals surface area contributed by atoms with Crippen molar-refractivity contribution in [3.8, 4) is 0 Å². The highest BCUT2D eigenvalue weighted by atomic mass is 16.4. The molecule has 0 aliphatic carbocycles. The molecule has 0 bridgehead atoms. The highest BCUT2D eigenvalue weighted by Crippen LogP contribution is 2.23. The molecule has 1 heterocycles. The molecule has 0 aromatic carbocycles. The lowest BCUT2D eigenvalue weighted by Gasteiger charge is -2.35. The van der Waals surface area contributed by atoms with Gasteiger partial charge in [0.1, 0.15) is 13.1 Å². The number of aliphatic hydroxyl groups excluding tert-OH is 1. The third-order valence-electron chi connectivity index (χ3n) is 5.80. The van der Waals surface area contributed by atoms with Crippen LogP contribution in [0.5, 0.6) is 0 Å². The molecule has 8 nitrogen and oxygen atoms in total. The summed E-state index contributed by atoms with van der Waals surface area (Å²) in [5, 5.41) is 29.2. The van der Waals surface area contributed by atoms with Gasteiger partial charge in [0, 0.05) is 13.3 Å². The van der Waals surface area contributed by atoms with Gasteiger partial charge in [-0.1, -0.05) is 64.7 Å². The molecule has 0 radical (unpaired) electrons. The first-order valence-corrected chi connectivity index (χ1v) is 12.3. The van der Waals surface area contributed by atoms with E-state index in [9.17, 15) is 24.9 Å². The molecular formula is C24H48N3O5+. The topological polar surface area (TPSA) is 110 Å². The number of aliphatic hydroxyl groups is 1. The Bertz CT molecular complexity index is 572. The Kier molecular flexibility index (Phi) is 15.4. The number of carboxylic acid groups (broad SMARTS) is 2. The Morgan fingerprint density at radius 1 is 1.03 bits per heavy atom. The van der Waals surface area contributed by atoms with Crippen molar-refractivity contribution in [3.05, 3.63) is 0 Å². The molecule has 1 aliphatic rings. The summed E-state index contributed by atoms with van der Waals surface area (Å²) in [6.45, 7) is 5.18. The normalized spacial score (nSPS) is 19.1. The number of nitrogens with zero attached hydrogens (tertiary/aromatic N) is 3. The van der Waals surface area contributed by atoms with Gasteiger partial charge in [0.15, 0.2) is 12.8 Å². The van der Waals surface area contributed by atoms with E-state index in [2.05, 4.69) is 11.9 Å². The standard InChI is InChI=1S/C19H36N2O3.C5H11NO2/c1-3-4-5-6-7-8-9-10-11-12-13-18-20-14-15-21(18,17(2)22)16-19(23)24;1-6(2,3)4-5(7)8/h17,22H,3-16H2,1-2H3;4H2,1-3H3/p+1. The average molecular weight is 459 g/mol. The highest BCUT2D eigenvalue weighted by molar-refractivity contribution is 5.80. The Morgan fingerprint density at radius 2 is 1.53 bits per heavy atom. The number of unbranched alkanes of at least 4 members (excludes halogenated alkanes) is 9. The molecule has 1 rings (SSSR count). The fraction of sp³-hybridized carbons (Fsp3) is 0.875. The summed E-state index contributed by atoms with van der Waals surface area (Å²) in [6.07, 6.45) is 13.0. The monoisotopic (exact) mass is 458 g/mol. The van der Waals surface area contributed by atoms with Crippen molar-refractivity contribution in [2.24, 2.45) is 4.99 Å². The molecule has 0 fully saturated rings. The Balaban J connectivity index is 0.00000102. The van der Waals surface area contributed by atoms with Gasteiger partial charge in [-0.05, 0) is 6.42 Å². The van der Waals surface area contributed by atoms with Crippen molar-refractivity contribution in [2.75, 3.05) is 47.3 Å². The lowest BCUT2D eigenvalue weighted by Crippen LogP contribution is -2.59. The van der Waals surface area contributed by atoms with E-state index in [0.717, 1.165) is 18.7 Å². The van der Waals surface area contributed by atoms with Crippen molar-refractivity contribution in [1.82, 2.24) is 0 Å². The molecule has 32 heavy (non-hydrogen) atoms. The molecule has 0 amide bonds. The minimum atomic E-state index is -1.00. The summed E-state index contributed by atoms with van der Waals surface area (Å²) in [5.41, 5.74) is 0. The maximum atomic E-state index is 11.2. The van der Waals surface area contributed by atoms with Gasteiger partial charge in [-0.2, -0.15) is 0 Å². The smallest absolute Gasteiger partial charge is 0.359 e. The van der Waals surface area contributed by atoms with Crippen molar-refractivity contribution in [3.63, 3.8) is 0 Å². The van der Waals surface area contributed by atoms with E-state index in [1.54, 1.807) is 28.1 Å². The van der Waals surface area contributed by atoms with Crippen LogP contribution in [-0.4, -0.2) is 90.5 Å². The van der Waals surface area contributed by atoms with Crippen LogP contribution in [0.4, 0.5) is 0 Å². The minimum absolute atomic E-state index is 0.0613. The molecule has 2 unspecified atom stereocenters. The van der Waals surface area contributed by atoms with Gasteiger partial charge in [-0.3, -0.25) is 0 Å². The summed E-state index contributed by atoms with van der Waals surface area (Å²) < 4.78 is 0.551. The molecule has 0 saturated heterocycles. The number of quaternary nitrogens is 2. The second-order valence-corrected chi connectivity index (χ2v) is 9.99. The van der Waals surface area contributed by atoms with Crippen molar-refractivity contribution < 1.29 is 33.9 Å². The number of amidine groups is 1. The fourth-order valence-electron chi connectivity index (χ4n) is 4.03. The fourth-order valence-corrected chi connectivity index (χ4v) is 4.03. The number of carbonyl (C=O) groups excluding carboxylic acids is 1. The number of carboxylic acids is 2. The maximum Gasteiger partial charge on any atom is 0.359 e. The first kappa shape index (κ1) is 30.5. The van der Waals surface area contributed by atoms with E-state index in [-0.39, 0.29) is 17.6 Å². The van der Waals surface area contributed by atoms with E-state index < -0.39 is 18.2 Å². The lowest BCUT2D eigenvalue weighted by molar-refractivity contribution is -0.877. The minimum Gasteiger partial charge on any atom is -0.544 e. The van der Waals surface area contributed by atoms with E-state index in [4.69, 9.17) is 0 Å². The van der Waals surface area contributed by atoms with Gasteiger partial charge in [-0.25, -0.2) is 14.3 Å².